The number of unbranched alkanes of at least 4 members (excludes halogenated alkanes) is 3. The zero-order valence-electron chi connectivity index (χ0n) is 9.45. The molecule has 0 radical (unpaired) electrons. The quantitative estimate of drug-likeness (QED) is 0.632. The highest BCUT2D eigenvalue weighted by atomic mass is 16.2. The second-order valence-corrected chi connectivity index (χ2v) is 3.76. The summed E-state index contributed by atoms with van der Waals surface area (Å²) in [4.78, 5) is 0. The maximum Gasteiger partial charge on any atom is 0.0518 e. The van der Waals surface area contributed by atoms with Gasteiger partial charge in [0.1, 0.15) is 0 Å². The van der Waals surface area contributed by atoms with Gasteiger partial charge in [-0.05, 0) is 25.5 Å². The molecule has 0 fully saturated rings. The summed E-state index contributed by atoms with van der Waals surface area (Å²) in [7, 11) is 1.96. The van der Waals surface area contributed by atoms with Crippen molar-refractivity contribution in [1.29, 1.82) is 0 Å². The molecule has 15 heavy (non-hydrogen) atoms. The summed E-state index contributed by atoms with van der Waals surface area (Å²) in [6.07, 6.45) is 6.25. The van der Waals surface area contributed by atoms with Crippen LogP contribution in [-0.2, 0) is 13.6 Å². The van der Waals surface area contributed by atoms with Gasteiger partial charge in [-0.1, -0.05) is 12.8 Å². The summed E-state index contributed by atoms with van der Waals surface area (Å²) in [5, 5.41) is 16.1. The summed E-state index contributed by atoms with van der Waals surface area (Å²) in [5.41, 5.74) is 1.21. The van der Waals surface area contributed by atoms with Crippen molar-refractivity contribution >= 4 is 0 Å². The molecule has 1 aromatic heterocycles. The first kappa shape index (κ1) is 12.2. The van der Waals surface area contributed by atoms with Crippen molar-refractivity contribution in [2.45, 2.75) is 32.2 Å². The molecular weight excluding hydrogens is 190 g/mol. The Morgan fingerprint density at radius 3 is 2.80 bits per heavy atom. The molecule has 0 amide bonds. The van der Waals surface area contributed by atoms with E-state index in [4.69, 9.17) is 5.11 Å². The Labute approximate surface area is 91.3 Å². The van der Waals surface area contributed by atoms with Crippen LogP contribution >= 0.6 is 0 Å². The molecule has 1 rings (SSSR count). The van der Waals surface area contributed by atoms with Gasteiger partial charge in [0.25, 0.3) is 0 Å². The maximum atomic E-state index is 8.60. The monoisotopic (exact) mass is 211 g/mol. The summed E-state index contributed by atoms with van der Waals surface area (Å²) in [6, 6.07) is 2.03. The number of nitrogens with zero attached hydrogens (tertiary/aromatic N) is 2. The number of aliphatic hydroxyl groups excluding tert-OH is 1. The molecule has 1 aromatic rings. The highest BCUT2D eigenvalue weighted by molar-refractivity contribution is 4.98. The number of hydrogen-bond acceptors (Lipinski definition) is 3. The van der Waals surface area contributed by atoms with Crippen LogP contribution in [0, 0.1) is 0 Å². The van der Waals surface area contributed by atoms with Crippen LogP contribution in [0.2, 0.25) is 0 Å². The van der Waals surface area contributed by atoms with Gasteiger partial charge in [-0.25, -0.2) is 0 Å². The van der Waals surface area contributed by atoms with Gasteiger partial charge in [0, 0.05) is 26.4 Å². The first-order valence-corrected chi connectivity index (χ1v) is 5.63. The van der Waals surface area contributed by atoms with Gasteiger partial charge in [-0.2, -0.15) is 5.10 Å². The van der Waals surface area contributed by atoms with E-state index in [-0.39, 0.29) is 0 Å². The maximum absolute atomic E-state index is 8.60. The highest BCUT2D eigenvalue weighted by Crippen LogP contribution is 1.99. The van der Waals surface area contributed by atoms with Gasteiger partial charge in [0.05, 0.1) is 5.69 Å². The van der Waals surface area contributed by atoms with E-state index in [0.717, 1.165) is 25.9 Å². The largest absolute Gasteiger partial charge is 0.396 e. The Hall–Kier alpha value is -0.870. The molecule has 0 aliphatic carbocycles. The van der Waals surface area contributed by atoms with E-state index in [9.17, 15) is 0 Å². The predicted octanol–water partition coefficient (Wildman–Crippen LogP) is 1.06. The minimum atomic E-state index is 0.322. The van der Waals surface area contributed by atoms with E-state index < -0.39 is 0 Å². The number of nitrogens with one attached hydrogen (secondary N) is 1. The van der Waals surface area contributed by atoms with E-state index in [0.29, 0.717) is 6.61 Å². The fourth-order valence-corrected chi connectivity index (χ4v) is 1.51. The van der Waals surface area contributed by atoms with Gasteiger partial charge >= 0.3 is 0 Å². The van der Waals surface area contributed by atoms with Crippen LogP contribution < -0.4 is 5.32 Å². The molecule has 0 aliphatic heterocycles. The van der Waals surface area contributed by atoms with E-state index >= 15 is 0 Å². The zero-order chi connectivity index (χ0) is 10.9. The molecule has 0 saturated heterocycles. The van der Waals surface area contributed by atoms with E-state index in [1.165, 1.54) is 18.5 Å². The number of hydrogen-bond donors (Lipinski definition) is 2. The Bertz CT molecular complexity index is 260. The van der Waals surface area contributed by atoms with Gasteiger partial charge in [-0.3, -0.25) is 4.68 Å². The molecule has 0 aliphatic rings. The molecule has 86 valence electrons. The van der Waals surface area contributed by atoms with Crippen LogP contribution in [0.25, 0.3) is 0 Å². The average molecular weight is 211 g/mol. The number of aryl methyl sites for hydroxylation is 1. The minimum Gasteiger partial charge on any atom is -0.396 e. The molecule has 0 saturated carbocycles. The number of aromatic nitrogens is 2. The van der Waals surface area contributed by atoms with Crippen LogP contribution in [-0.4, -0.2) is 28.0 Å². The van der Waals surface area contributed by atoms with Crippen molar-refractivity contribution in [2.75, 3.05) is 13.2 Å². The Balaban J connectivity index is 1.96. The average Bonchev–Trinajstić information content (AvgIpc) is 2.63. The molecular formula is C11H21N3O. The van der Waals surface area contributed by atoms with Crippen molar-refractivity contribution in [3.63, 3.8) is 0 Å². The Morgan fingerprint density at radius 1 is 1.33 bits per heavy atom. The normalized spacial score (nSPS) is 10.8. The van der Waals surface area contributed by atoms with Gasteiger partial charge in [0.15, 0.2) is 0 Å². The van der Waals surface area contributed by atoms with Gasteiger partial charge in [-0.15, -0.1) is 0 Å². The number of rotatable bonds is 8. The molecule has 2 N–H and O–H groups in total. The van der Waals surface area contributed by atoms with Crippen molar-refractivity contribution < 1.29 is 5.11 Å². The molecule has 0 unspecified atom stereocenters. The fourth-order valence-electron chi connectivity index (χ4n) is 1.51. The van der Waals surface area contributed by atoms with Crippen molar-refractivity contribution in [3.05, 3.63) is 18.0 Å². The Morgan fingerprint density at radius 2 is 2.13 bits per heavy atom. The van der Waals surface area contributed by atoms with Crippen LogP contribution in [0.1, 0.15) is 31.4 Å². The third-order valence-electron chi connectivity index (χ3n) is 2.49. The topological polar surface area (TPSA) is 50.1 Å². The summed E-state index contributed by atoms with van der Waals surface area (Å²) < 4.78 is 1.89. The smallest absolute Gasteiger partial charge is 0.0518 e. The lowest BCUT2D eigenvalue weighted by molar-refractivity contribution is 0.282. The lowest BCUT2D eigenvalue weighted by Gasteiger charge is -2.04. The zero-order valence-corrected chi connectivity index (χ0v) is 9.45. The summed E-state index contributed by atoms with van der Waals surface area (Å²) >= 11 is 0. The lowest BCUT2D eigenvalue weighted by atomic mass is 10.2. The second kappa shape index (κ2) is 7.43. The third-order valence-corrected chi connectivity index (χ3v) is 2.49. The van der Waals surface area contributed by atoms with Crippen molar-refractivity contribution in [1.82, 2.24) is 15.1 Å². The SMILES string of the molecule is Cn1nccc1CNCCCCCCO. The molecule has 4 heteroatoms. The van der Waals surface area contributed by atoms with Crippen LogP contribution in [0.4, 0.5) is 0 Å². The molecule has 4 nitrogen and oxygen atoms in total. The molecule has 1 heterocycles. The third kappa shape index (κ3) is 4.95. The summed E-state index contributed by atoms with van der Waals surface area (Å²) in [5.74, 6) is 0. The van der Waals surface area contributed by atoms with E-state index in [2.05, 4.69) is 10.4 Å². The van der Waals surface area contributed by atoms with Gasteiger partial charge < -0.3 is 10.4 Å². The van der Waals surface area contributed by atoms with Crippen LogP contribution in [0.15, 0.2) is 12.3 Å². The van der Waals surface area contributed by atoms with Crippen LogP contribution in [0.5, 0.6) is 0 Å². The van der Waals surface area contributed by atoms with Crippen molar-refractivity contribution in [3.8, 4) is 0 Å². The molecule has 0 aromatic carbocycles. The first-order valence-electron chi connectivity index (χ1n) is 5.63. The highest BCUT2D eigenvalue weighted by Gasteiger charge is 1.96. The molecule has 0 bridgehead atoms. The summed E-state index contributed by atoms with van der Waals surface area (Å²) in [6.45, 7) is 2.25. The van der Waals surface area contributed by atoms with E-state index in [1.54, 1.807) is 0 Å². The molecule has 0 spiro atoms. The molecule has 0 atom stereocenters. The second-order valence-electron chi connectivity index (χ2n) is 3.76. The standard InChI is InChI=1S/C11H21N3O/c1-14-11(6-8-13-14)10-12-7-4-2-3-5-9-15/h6,8,12,15H,2-5,7,9-10H2,1H3. The lowest BCUT2D eigenvalue weighted by Crippen LogP contribution is -2.16. The van der Waals surface area contributed by atoms with Crippen molar-refractivity contribution in [2.24, 2.45) is 7.05 Å². The van der Waals surface area contributed by atoms with Crippen LogP contribution in [0.3, 0.4) is 0 Å². The number of aliphatic hydroxyl groups is 1. The Kier molecular flexibility index (Phi) is 6.04. The van der Waals surface area contributed by atoms with E-state index in [1.807, 2.05) is 24.0 Å². The minimum absolute atomic E-state index is 0.322. The first-order chi connectivity index (χ1) is 7.34. The van der Waals surface area contributed by atoms with Gasteiger partial charge in [0.2, 0.25) is 0 Å². The predicted molar refractivity (Wildman–Crippen MR) is 60.5 cm³/mol. The fraction of sp³-hybridized carbons (Fsp3) is 0.727.